The summed E-state index contributed by atoms with van der Waals surface area (Å²) in [5.74, 6) is 0.0405. The van der Waals surface area contributed by atoms with Gasteiger partial charge in [-0.25, -0.2) is 4.68 Å². The first-order chi connectivity index (χ1) is 8.73. The Balaban J connectivity index is 2.28. The molecule has 1 fully saturated rings. The normalized spacial score (nSPS) is 19.4. The Morgan fingerprint density at radius 2 is 2.06 bits per heavy atom. The number of nitrogens with zero attached hydrogens (tertiary/aromatic N) is 3. The first-order valence-corrected chi connectivity index (χ1v) is 6.72. The zero-order chi connectivity index (χ0) is 13.0. The number of rotatable bonds is 4. The molecule has 1 aromatic rings. The largest absolute Gasteiger partial charge is 0.370 e. The van der Waals surface area contributed by atoms with E-state index in [2.05, 4.69) is 10.3 Å². The fourth-order valence-corrected chi connectivity index (χ4v) is 2.72. The summed E-state index contributed by atoms with van der Waals surface area (Å²) in [4.78, 5) is 12.7. The molecule has 0 atom stereocenters. The summed E-state index contributed by atoms with van der Waals surface area (Å²) in [5, 5.41) is 7.76. The van der Waals surface area contributed by atoms with Crippen LogP contribution in [-0.4, -0.2) is 33.5 Å². The molecule has 18 heavy (non-hydrogen) atoms. The van der Waals surface area contributed by atoms with Crippen molar-refractivity contribution in [3.8, 4) is 0 Å². The summed E-state index contributed by atoms with van der Waals surface area (Å²) in [6.07, 6.45) is 7.62. The van der Waals surface area contributed by atoms with E-state index in [1.807, 2.05) is 6.92 Å². The summed E-state index contributed by atoms with van der Waals surface area (Å²) >= 11 is 0. The maximum Gasteiger partial charge on any atom is 0.214 e. The predicted molar refractivity (Wildman–Crippen MR) is 67.5 cm³/mol. The Morgan fingerprint density at radius 1 is 1.39 bits per heavy atom. The molecule has 5 nitrogen and oxygen atoms in total. The van der Waals surface area contributed by atoms with Gasteiger partial charge in [-0.15, -0.1) is 5.10 Å². The van der Waals surface area contributed by atoms with Gasteiger partial charge in [0, 0.05) is 13.7 Å². The maximum atomic E-state index is 12.7. The summed E-state index contributed by atoms with van der Waals surface area (Å²) in [6.45, 7) is 2.61. The van der Waals surface area contributed by atoms with Crippen LogP contribution in [0.25, 0.3) is 0 Å². The molecule has 0 aromatic carbocycles. The SMILES string of the molecule is CCn1nncc1C(=O)C1(OC)CCCCCC1. The lowest BCUT2D eigenvalue weighted by molar-refractivity contribution is -0.00772. The average molecular weight is 251 g/mol. The number of carbonyl (C=O) groups is 1. The van der Waals surface area contributed by atoms with E-state index in [1.165, 1.54) is 12.8 Å². The molecule has 2 rings (SSSR count). The molecular weight excluding hydrogens is 230 g/mol. The topological polar surface area (TPSA) is 57.0 Å². The van der Waals surface area contributed by atoms with E-state index < -0.39 is 5.60 Å². The van der Waals surface area contributed by atoms with Gasteiger partial charge in [0.15, 0.2) is 0 Å². The van der Waals surface area contributed by atoms with Crippen molar-refractivity contribution >= 4 is 5.78 Å². The Bertz CT molecular complexity index is 406. The quantitative estimate of drug-likeness (QED) is 0.608. The number of methoxy groups -OCH3 is 1. The van der Waals surface area contributed by atoms with Crippen LogP contribution in [0.3, 0.4) is 0 Å². The molecule has 0 bridgehead atoms. The molecule has 5 heteroatoms. The number of carbonyl (C=O) groups excluding carboxylic acids is 1. The molecule has 1 aromatic heterocycles. The molecule has 0 amide bonds. The third kappa shape index (κ3) is 2.32. The standard InChI is InChI=1S/C13H21N3O2/c1-3-16-11(10-14-15-16)12(17)13(18-2)8-6-4-5-7-9-13/h10H,3-9H2,1-2H3. The second-order valence-corrected chi connectivity index (χ2v) is 4.88. The Labute approximate surface area is 108 Å². The highest BCUT2D eigenvalue weighted by molar-refractivity contribution is 6.01. The number of hydrogen-bond donors (Lipinski definition) is 0. The number of ketones is 1. The highest BCUT2D eigenvalue weighted by atomic mass is 16.5. The van der Waals surface area contributed by atoms with Crippen molar-refractivity contribution in [1.29, 1.82) is 0 Å². The number of aryl methyl sites for hydroxylation is 1. The lowest BCUT2D eigenvalue weighted by Crippen LogP contribution is -2.41. The minimum atomic E-state index is -0.662. The van der Waals surface area contributed by atoms with E-state index in [1.54, 1.807) is 18.0 Å². The number of ether oxygens (including phenoxy) is 1. The van der Waals surface area contributed by atoms with E-state index in [9.17, 15) is 4.79 Å². The fraction of sp³-hybridized carbons (Fsp3) is 0.769. The van der Waals surface area contributed by atoms with Crippen molar-refractivity contribution in [1.82, 2.24) is 15.0 Å². The zero-order valence-corrected chi connectivity index (χ0v) is 11.2. The van der Waals surface area contributed by atoms with Crippen molar-refractivity contribution in [2.45, 2.75) is 57.6 Å². The van der Waals surface area contributed by atoms with Crippen molar-refractivity contribution in [3.05, 3.63) is 11.9 Å². The third-order valence-electron chi connectivity index (χ3n) is 3.87. The lowest BCUT2D eigenvalue weighted by atomic mass is 9.88. The van der Waals surface area contributed by atoms with Crippen LogP contribution >= 0.6 is 0 Å². The van der Waals surface area contributed by atoms with Crippen LogP contribution in [0, 0.1) is 0 Å². The van der Waals surface area contributed by atoms with E-state index in [-0.39, 0.29) is 5.78 Å². The van der Waals surface area contributed by atoms with Crippen molar-refractivity contribution in [2.75, 3.05) is 7.11 Å². The molecule has 1 aliphatic carbocycles. The summed E-state index contributed by atoms with van der Waals surface area (Å²) in [7, 11) is 1.64. The van der Waals surface area contributed by atoms with Gasteiger partial charge in [0.05, 0.1) is 6.20 Å². The van der Waals surface area contributed by atoms with Crippen LogP contribution in [0.15, 0.2) is 6.20 Å². The van der Waals surface area contributed by atoms with Crippen LogP contribution < -0.4 is 0 Å². The molecule has 0 N–H and O–H groups in total. The maximum absolute atomic E-state index is 12.7. The van der Waals surface area contributed by atoms with Crippen LogP contribution in [0.2, 0.25) is 0 Å². The van der Waals surface area contributed by atoms with Crippen molar-refractivity contribution in [2.24, 2.45) is 0 Å². The molecule has 1 saturated carbocycles. The van der Waals surface area contributed by atoms with Gasteiger partial charge in [0.1, 0.15) is 11.3 Å². The van der Waals surface area contributed by atoms with Crippen molar-refractivity contribution in [3.63, 3.8) is 0 Å². The highest BCUT2D eigenvalue weighted by Crippen LogP contribution is 2.32. The van der Waals surface area contributed by atoms with Gasteiger partial charge in [0.25, 0.3) is 0 Å². The molecule has 1 heterocycles. The Morgan fingerprint density at radius 3 is 2.61 bits per heavy atom. The number of hydrogen-bond acceptors (Lipinski definition) is 4. The summed E-state index contributed by atoms with van der Waals surface area (Å²) < 4.78 is 7.27. The van der Waals surface area contributed by atoms with Gasteiger partial charge in [-0.3, -0.25) is 4.79 Å². The molecule has 0 saturated heterocycles. The van der Waals surface area contributed by atoms with Gasteiger partial charge in [0.2, 0.25) is 5.78 Å². The Kier molecular flexibility index (Phi) is 4.11. The second-order valence-electron chi connectivity index (χ2n) is 4.88. The van der Waals surface area contributed by atoms with Crippen molar-refractivity contribution < 1.29 is 9.53 Å². The molecular formula is C13H21N3O2. The van der Waals surface area contributed by atoms with Gasteiger partial charge < -0.3 is 4.74 Å². The molecule has 0 spiro atoms. The molecule has 1 aliphatic rings. The molecule has 100 valence electrons. The van der Waals surface area contributed by atoms with E-state index in [0.717, 1.165) is 25.7 Å². The molecule has 0 aliphatic heterocycles. The number of Topliss-reactive ketones (excluding diaryl/α,β-unsaturated/α-hetero) is 1. The molecule has 0 unspecified atom stereocenters. The van der Waals surface area contributed by atoms with Crippen LogP contribution in [-0.2, 0) is 11.3 Å². The van der Waals surface area contributed by atoms with Gasteiger partial charge in [-0.1, -0.05) is 30.9 Å². The average Bonchev–Trinajstić information content (AvgIpc) is 2.74. The summed E-state index contributed by atoms with van der Waals surface area (Å²) in [5.41, 5.74) is -0.0910. The smallest absolute Gasteiger partial charge is 0.214 e. The third-order valence-corrected chi connectivity index (χ3v) is 3.87. The monoisotopic (exact) mass is 251 g/mol. The Hall–Kier alpha value is -1.23. The van der Waals surface area contributed by atoms with Gasteiger partial charge in [-0.05, 0) is 19.8 Å². The van der Waals surface area contributed by atoms with E-state index in [4.69, 9.17) is 4.74 Å². The van der Waals surface area contributed by atoms with E-state index >= 15 is 0 Å². The number of aromatic nitrogens is 3. The van der Waals surface area contributed by atoms with Gasteiger partial charge >= 0.3 is 0 Å². The predicted octanol–water partition coefficient (Wildman–Crippen LogP) is 2.22. The fourth-order valence-electron chi connectivity index (χ4n) is 2.72. The highest BCUT2D eigenvalue weighted by Gasteiger charge is 2.40. The van der Waals surface area contributed by atoms with Crippen LogP contribution in [0.4, 0.5) is 0 Å². The van der Waals surface area contributed by atoms with E-state index in [0.29, 0.717) is 12.2 Å². The van der Waals surface area contributed by atoms with Gasteiger partial charge in [-0.2, -0.15) is 0 Å². The van der Waals surface area contributed by atoms with Crippen LogP contribution in [0.5, 0.6) is 0 Å². The minimum absolute atomic E-state index is 0.0405. The summed E-state index contributed by atoms with van der Waals surface area (Å²) in [6, 6.07) is 0. The first-order valence-electron chi connectivity index (χ1n) is 6.72. The zero-order valence-electron chi connectivity index (χ0n) is 11.2. The minimum Gasteiger partial charge on any atom is -0.370 e. The second kappa shape index (κ2) is 5.61. The first kappa shape index (κ1) is 13.2. The molecule has 0 radical (unpaired) electrons. The lowest BCUT2D eigenvalue weighted by Gasteiger charge is -2.29. The van der Waals surface area contributed by atoms with Crippen LogP contribution in [0.1, 0.15) is 55.9 Å².